The Kier molecular flexibility index (Phi) is 4.40. The summed E-state index contributed by atoms with van der Waals surface area (Å²) in [6, 6.07) is 0.00446. The molecule has 1 fully saturated rings. The van der Waals surface area contributed by atoms with Gasteiger partial charge in [-0.15, -0.1) is 6.58 Å². The molecule has 1 atom stereocenters. The van der Waals surface area contributed by atoms with Crippen molar-refractivity contribution < 1.29 is 8.42 Å². The SMILES string of the molecule is C=CCSC(=S)N[C@H]1CCS(=O)(=O)C1. The lowest BCUT2D eigenvalue weighted by Crippen LogP contribution is -2.32. The van der Waals surface area contributed by atoms with Crippen LogP contribution in [0.2, 0.25) is 0 Å². The van der Waals surface area contributed by atoms with Crippen LogP contribution in [0.1, 0.15) is 6.42 Å². The standard InChI is InChI=1S/C8H13NO2S3/c1-2-4-13-8(12)9-7-3-5-14(10,11)6-7/h2,7H,1,3-6H2,(H,9,12)/t7-/m0/s1. The molecule has 1 aliphatic rings. The van der Waals surface area contributed by atoms with Crippen LogP contribution >= 0.6 is 24.0 Å². The summed E-state index contributed by atoms with van der Waals surface area (Å²) in [7, 11) is -2.81. The molecule has 0 aromatic rings. The molecule has 1 aliphatic heterocycles. The number of sulfone groups is 1. The lowest BCUT2D eigenvalue weighted by Gasteiger charge is -2.11. The number of thiocarbonyl (C=S) groups is 1. The zero-order valence-electron chi connectivity index (χ0n) is 7.73. The van der Waals surface area contributed by atoms with Crippen molar-refractivity contribution in [2.75, 3.05) is 17.3 Å². The normalized spacial score (nSPS) is 24.4. The predicted octanol–water partition coefficient (Wildman–Crippen LogP) is 0.967. The smallest absolute Gasteiger partial charge is 0.152 e. The van der Waals surface area contributed by atoms with Crippen molar-refractivity contribution in [1.82, 2.24) is 5.32 Å². The van der Waals surface area contributed by atoms with Crippen LogP contribution in [0.5, 0.6) is 0 Å². The van der Waals surface area contributed by atoms with E-state index in [0.717, 1.165) is 5.75 Å². The van der Waals surface area contributed by atoms with E-state index in [9.17, 15) is 8.42 Å². The van der Waals surface area contributed by atoms with E-state index in [-0.39, 0.29) is 17.5 Å². The highest BCUT2D eigenvalue weighted by Crippen LogP contribution is 2.13. The first-order valence-corrected chi connectivity index (χ1v) is 7.49. The molecule has 1 N–H and O–H groups in total. The first-order valence-electron chi connectivity index (χ1n) is 4.28. The topological polar surface area (TPSA) is 46.2 Å². The molecule has 14 heavy (non-hydrogen) atoms. The summed E-state index contributed by atoms with van der Waals surface area (Å²) < 4.78 is 22.9. The molecule has 1 saturated heterocycles. The minimum absolute atomic E-state index is 0.00446. The number of thioether (sulfide) groups is 1. The molecule has 0 aromatic carbocycles. The van der Waals surface area contributed by atoms with E-state index in [4.69, 9.17) is 12.2 Å². The van der Waals surface area contributed by atoms with Gasteiger partial charge in [0.1, 0.15) is 4.32 Å². The van der Waals surface area contributed by atoms with Gasteiger partial charge in [-0.1, -0.05) is 30.1 Å². The molecule has 3 nitrogen and oxygen atoms in total. The second-order valence-electron chi connectivity index (χ2n) is 3.13. The molecule has 0 unspecified atom stereocenters. The first-order chi connectivity index (χ1) is 6.53. The van der Waals surface area contributed by atoms with E-state index in [0.29, 0.717) is 10.7 Å². The Morgan fingerprint density at radius 3 is 2.93 bits per heavy atom. The van der Waals surface area contributed by atoms with Gasteiger partial charge in [0.25, 0.3) is 0 Å². The maximum atomic E-state index is 11.1. The van der Waals surface area contributed by atoms with Crippen molar-refractivity contribution in [2.24, 2.45) is 0 Å². The number of hydrogen-bond acceptors (Lipinski definition) is 4. The fourth-order valence-corrected chi connectivity index (χ4v) is 3.82. The summed E-state index contributed by atoms with van der Waals surface area (Å²) in [5.74, 6) is 1.24. The van der Waals surface area contributed by atoms with Gasteiger partial charge < -0.3 is 5.32 Å². The van der Waals surface area contributed by atoms with Gasteiger partial charge in [-0.05, 0) is 6.42 Å². The molecule has 6 heteroatoms. The van der Waals surface area contributed by atoms with Crippen molar-refractivity contribution in [1.29, 1.82) is 0 Å². The maximum absolute atomic E-state index is 11.1. The van der Waals surface area contributed by atoms with Crippen molar-refractivity contribution in [3.8, 4) is 0 Å². The molecule has 0 aliphatic carbocycles. The van der Waals surface area contributed by atoms with E-state index in [2.05, 4.69) is 11.9 Å². The van der Waals surface area contributed by atoms with Crippen LogP contribution in [-0.2, 0) is 9.84 Å². The lowest BCUT2D eigenvalue weighted by atomic mass is 10.3. The summed E-state index contributed by atoms with van der Waals surface area (Å²) in [6.45, 7) is 3.58. The van der Waals surface area contributed by atoms with E-state index in [1.807, 2.05) is 0 Å². The second-order valence-corrected chi connectivity index (χ2v) is 7.06. The molecule has 1 heterocycles. The Balaban J connectivity index is 2.32. The lowest BCUT2D eigenvalue weighted by molar-refractivity contribution is 0.600. The third-order valence-electron chi connectivity index (χ3n) is 1.89. The fourth-order valence-electron chi connectivity index (χ4n) is 1.25. The van der Waals surface area contributed by atoms with Crippen LogP contribution in [0, 0.1) is 0 Å². The average Bonchev–Trinajstić information content (AvgIpc) is 2.42. The largest absolute Gasteiger partial charge is 0.367 e. The van der Waals surface area contributed by atoms with Crippen LogP contribution in [0.4, 0.5) is 0 Å². The third-order valence-corrected chi connectivity index (χ3v) is 4.91. The van der Waals surface area contributed by atoms with Gasteiger partial charge in [0, 0.05) is 11.8 Å². The van der Waals surface area contributed by atoms with Crippen molar-refractivity contribution in [2.45, 2.75) is 12.5 Å². The van der Waals surface area contributed by atoms with Crippen LogP contribution in [-0.4, -0.2) is 36.0 Å². The van der Waals surface area contributed by atoms with Crippen LogP contribution in [0.3, 0.4) is 0 Å². The Morgan fingerprint density at radius 1 is 1.71 bits per heavy atom. The van der Waals surface area contributed by atoms with E-state index < -0.39 is 9.84 Å². The van der Waals surface area contributed by atoms with Gasteiger partial charge in [0.2, 0.25) is 0 Å². The van der Waals surface area contributed by atoms with Crippen molar-refractivity contribution in [3.63, 3.8) is 0 Å². The highest BCUT2D eigenvalue weighted by Gasteiger charge is 2.27. The summed E-state index contributed by atoms with van der Waals surface area (Å²) in [5.41, 5.74) is 0. The zero-order chi connectivity index (χ0) is 10.6. The van der Waals surface area contributed by atoms with Gasteiger partial charge in [-0.25, -0.2) is 8.42 Å². The van der Waals surface area contributed by atoms with E-state index in [1.165, 1.54) is 11.8 Å². The summed E-state index contributed by atoms with van der Waals surface area (Å²) >= 11 is 6.51. The van der Waals surface area contributed by atoms with Crippen molar-refractivity contribution in [3.05, 3.63) is 12.7 Å². The molecule has 0 radical (unpaired) electrons. The summed E-state index contributed by atoms with van der Waals surface area (Å²) in [5, 5.41) is 3.04. The van der Waals surface area contributed by atoms with Gasteiger partial charge >= 0.3 is 0 Å². The maximum Gasteiger partial charge on any atom is 0.152 e. The Labute approximate surface area is 94.3 Å². The third kappa shape index (κ3) is 3.98. The van der Waals surface area contributed by atoms with Crippen LogP contribution < -0.4 is 5.32 Å². The minimum Gasteiger partial charge on any atom is -0.367 e. The Morgan fingerprint density at radius 2 is 2.43 bits per heavy atom. The Hall–Kier alpha value is -0.0700. The predicted molar refractivity (Wildman–Crippen MR) is 65.4 cm³/mol. The second kappa shape index (κ2) is 5.14. The zero-order valence-corrected chi connectivity index (χ0v) is 10.2. The number of hydrogen-bond donors (Lipinski definition) is 1. The fraction of sp³-hybridized carbons (Fsp3) is 0.625. The van der Waals surface area contributed by atoms with E-state index >= 15 is 0 Å². The number of rotatable bonds is 3. The number of nitrogens with one attached hydrogen (secondary N) is 1. The van der Waals surface area contributed by atoms with Crippen LogP contribution in [0.15, 0.2) is 12.7 Å². The van der Waals surface area contributed by atoms with Crippen molar-refractivity contribution >= 4 is 38.1 Å². The molecular weight excluding hydrogens is 238 g/mol. The first kappa shape index (κ1) is 12.0. The summed E-state index contributed by atoms with van der Waals surface area (Å²) in [4.78, 5) is 0. The molecule has 0 spiro atoms. The molecule has 0 bridgehead atoms. The molecule has 80 valence electrons. The van der Waals surface area contributed by atoms with Gasteiger partial charge in [-0.3, -0.25) is 0 Å². The summed E-state index contributed by atoms with van der Waals surface area (Å²) in [6.07, 6.45) is 2.43. The highest BCUT2D eigenvalue weighted by molar-refractivity contribution is 8.23. The molecular formula is C8H13NO2S3. The molecule has 0 amide bonds. The average molecular weight is 251 g/mol. The molecule has 0 saturated carbocycles. The monoisotopic (exact) mass is 251 g/mol. The van der Waals surface area contributed by atoms with Gasteiger partial charge in [0.05, 0.1) is 11.5 Å². The quantitative estimate of drug-likeness (QED) is 0.598. The highest BCUT2D eigenvalue weighted by atomic mass is 32.2. The van der Waals surface area contributed by atoms with Gasteiger partial charge in [-0.2, -0.15) is 0 Å². The van der Waals surface area contributed by atoms with Gasteiger partial charge in [0.15, 0.2) is 9.84 Å². The Bertz CT molecular complexity index is 323. The molecule has 0 aromatic heterocycles. The molecule has 1 rings (SSSR count). The van der Waals surface area contributed by atoms with Crippen LogP contribution in [0.25, 0.3) is 0 Å². The minimum atomic E-state index is -2.81. The van der Waals surface area contributed by atoms with E-state index in [1.54, 1.807) is 6.08 Å².